The van der Waals surface area contributed by atoms with Gasteiger partial charge in [0.15, 0.2) is 5.75 Å². The molecule has 3 rings (SSSR count). The van der Waals surface area contributed by atoms with Crippen LogP contribution in [0.5, 0.6) is 11.5 Å². The van der Waals surface area contributed by atoms with Gasteiger partial charge in [-0.25, -0.2) is 0 Å². The summed E-state index contributed by atoms with van der Waals surface area (Å²) in [6.07, 6.45) is 1.50. The van der Waals surface area contributed by atoms with Crippen molar-refractivity contribution in [3.8, 4) is 11.5 Å². The first-order chi connectivity index (χ1) is 15.3. The van der Waals surface area contributed by atoms with E-state index in [0.717, 1.165) is 16.7 Å². The minimum Gasteiger partial charge on any atom is -0.494 e. The number of imide groups is 1. The Morgan fingerprint density at radius 3 is 2.28 bits per heavy atom. The van der Waals surface area contributed by atoms with Crippen LogP contribution in [0.2, 0.25) is 10.0 Å². The van der Waals surface area contributed by atoms with Gasteiger partial charge in [0.1, 0.15) is 12.3 Å². The molecule has 0 bridgehead atoms. The average Bonchev–Trinajstić information content (AvgIpc) is 2.99. The summed E-state index contributed by atoms with van der Waals surface area (Å²) in [6, 6.07) is 9.96. The van der Waals surface area contributed by atoms with Gasteiger partial charge in [-0.1, -0.05) is 23.2 Å². The zero-order valence-electron chi connectivity index (χ0n) is 17.3. The zero-order valence-corrected chi connectivity index (χ0v) is 19.6. The fourth-order valence-electron chi connectivity index (χ4n) is 2.88. The van der Waals surface area contributed by atoms with Gasteiger partial charge in [0, 0.05) is 5.69 Å². The van der Waals surface area contributed by atoms with Crippen LogP contribution in [0.1, 0.15) is 19.4 Å². The van der Waals surface area contributed by atoms with E-state index in [1.54, 1.807) is 36.4 Å². The Balaban J connectivity index is 1.68. The minimum atomic E-state index is -0.567. The van der Waals surface area contributed by atoms with Gasteiger partial charge in [-0.3, -0.25) is 19.3 Å². The Morgan fingerprint density at radius 1 is 1.06 bits per heavy atom. The number of anilines is 1. The fraction of sp³-hybridized carbons (Fsp3) is 0.227. The minimum absolute atomic E-state index is 0.167. The van der Waals surface area contributed by atoms with E-state index in [-0.39, 0.29) is 4.91 Å². The lowest BCUT2D eigenvalue weighted by Gasteiger charge is -2.13. The van der Waals surface area contributed by atoms with E-state index in [1.165, 1.54) is 6.08 Å². The maximum atomic E-state index is 12.7. The Bertz CT molecular complexity index is 1050. The molecule has 0 aliphatic carbocycles. The first-order valence-corrected chi connectivity index (χ1v) is 11.3. The molecule has 0 spiro atoms. The molecule has 0 atom stereocenters. The monoisotopic (exact) mass is 494 g/mol. The van der Waals surface area contributed by atoms with E-state index in [9.17, 15) is 14.4 Å². The van der Waals surface area contributed by atoms with Crippen molar-refractivity contribution in [2.75, 3.05) is 25.1 Å². The van der Waals surface area contributed by atoms with Crippen LogP contribution >= 0.6 is 35.0 Å². The quantitative estimate of drug-likeness (QED) is 0.490. The van der Waals surface area contributed by atoms with Gasteiger partial charge < -0.3 is 14.8 Å². The molecular weight excluding hydrogens is 475 g/mol. The molecule has 2 aromatic carbocycles. The molecule has 2 aromatic rings. The number of ether oxygens (including phenoxy) is 2. The third-order valence-electron chi connectivity index (χ3n) is 4.23. The predicted molar refractivity (Wildman–Crippen MR) is 127 cm³/mol. The standard InChI is InChI=1S/C22H20Cl2N2O5S/c1-3-30-15-7-5-14(6-8-15)25-19(27)12-26-21(28)18(32-22(26)29)11-13-9-16(23)20(31-4-2)17(24)10-13/h5-11H,3-4,12H2,1-2H3,(H,25,27)/b18-11+. The highest BCUT2D eigenvalue weighted by Crippen LogP contribution is 2.37. The molecule has 1 fully saturated rings. The van der Waals surface area contributed by atoms with Crippen LogP contribution in [0, 0.1) is 0 Å². The Hall–Kier alpha value is -2.68. The lowest BCUT2D eigenvalue weighted by atomic mass is 10.2. The van der Waals surface area contributed by atoms with Crippen molar-refractivity contribution in [3.63, 3.8) is 0 Å². The molecule has 7 nitrogen and oxygen atoms in total. The zero-order chi connectivity index (χ0) is 23.3. The molecule has 0 unspecified atom stereocenters. The van der Waals surface area contributed by atoms with Crippen molar-refractivity contribution in [1.29, 1.82) is 0 Å². The van der Waals surface area contributed by atoms with Crippen LogP contribution in [0.4, 0.5) is 10.5 Å². The third-order valence-corrected chi connectivity index (χ3v) is 5.70. The molecule has 1 heterocycles. The van der Waals surface area contributed by atoms with E-state index in [0.29, 0.717) is 46.0 Å². The second-order valence-corrected chi connectivity index (χ2v) is 8.33. The van der Waals surface area contributed by atoms with E-state index in [2.05, 4.69) is 5.32 Å². The topological polar surface area (TPSA) is 84.9 Å². The van der Waals surface area contributed by atoms with E-state index in [4.69, 9.17) is 32.7 Å². The molecule has 1 N–H and O–H groups in total. The smallest absolute Gasteiger partial charge is 0.294 e. The van der Waals surface area contributed by atoms with Crippen molar-refractivity contribution < 1.29 is 23.9 Å². The van der Waals surface area contributed by atoms with Gasteiger partial charge >= 0.3 is 0 Å². The van der Waals surface area contributed by atoms with Gasteiger partial charge in [-0.2, -0.15) is 0 Å². The van der Waals surface area contributed by atoms with E-state index in [1.807, 2.05) is 13.8 Å². The number of hydrogen-bond acceptors (Lipinski definition) is 6. The third kappa shape index (κ3) is 5.76. The van der Waals surface area contributed by atoms with Crippen molar-refractivity contribution in [1.82, 2.24) is 4.90 Å². The summed E-state index contributed by atoms with van der Waals surface area (Å²) >= 11 is 13.1. The normalized spacial score (nSPS) is 14.8. The van der Waals surface area contributed by atoms with Crippen LogP contribution in [0.25, 0.3) is 6.08 Å². The summed E-state index contributed by atoms with van der Waals surface area (Å²) in [7, 11) is 0. The van der Waals surface area contributed by atoms with Crippen LogP contribution in [0.3, 0.4) is 0 Å². The van der Waals surface area contributed by atoms with Crippen LogP contribution < -0.4 is 14.8 Å². The molecule has 10 heteroatoms. The molecule has 0 radical (unpaired) electrons. The first-order valence-electron chi connectivity index (χ1n) is 9.72. The lowest BCUT2D eigenvalue weighted by Crippen LogP contribution is -2.36. The number of amides is 3. The predicted octanol–water partition coefficient (Wildman–Crippen LogP) is 5.47. The number of rotatable bonds is 8. The summed E-state index contributed by atoms with van der Waals surface area (Å²) in [5, 5.41) is 2.71. The number of nitrogens with zero attached hydrogens (tertiary/aromatic N) is 1. The molecule has 168 valence electrons. The summed E-state index contributed by atoms with van der Waals surface area (Å²) < 4.78 is 10.7. The van der Waals surface area contributed by atoms with Gasteiger partial charge in [0.25, 0.3) is 11.1 Å². The van der Waals surface area contributed by atoms with Gasteiger partial charge in [-0.15, -0.1) is 0 Å². The second kappa shape index (κ2) is 10.8. The number of benzene rings is 2. The summed E-state index contributed by atoms with van der Waals surface area (Å²) in [4.78, 5) is 38.4. The first kappa shape index (κ1) is 24.0. The van der Waals surface area contributed by atoms with Gasteiger partial charge in [0.05, 0.1) is 28.2 Å². The fourth-order valence-corrected chi connectivity index (χ4v) is 4.33. The second-order valence-electron chi connectivity index (χ2n) is 6.52. The van der Waals surface area contributed by atoms with Crippen molar-refractivity contribution in [2.24, 2.45) is 0 Å². The number of nitrogens with one attached hydrogen (secondary N) is 1. The molecule has 3 amide bonds. The maximum absolute atomic E-state index is 12.7. The van der Waals surface area contributed by atoms with E-state index >= 15 is 0 Å². The van der Waals surface area contributed by atoms with Crippen molar-refractivity contribution in [2.45, 2.75) is 13.8 Å². The summed E-state index contributed by atoms with van der Waals surface area (Å²) in [6.45, 7) is 4.21. The highest BCUT2D eigenvalue weighted by atomic mass is 35.5. The van der Waals surface area contributed by atoms with Crippen molar-refractivity contribution in [3.05, 3.63) is 56.9 Å². The molecule has 1 aliphatic heterocycles. The highest BCUT2D eigenvalue weighted by molar-refractivity contribution is 8.18. The molecule has 0 saturated carbocycles. The number of carbonyl (C=O) groups excluding carboxylic acids is 3. The van der Waals surface area contributed by atoms with Crippen LogP contribution in [-0.4, -0.2) is 41.7 Å². The van der Waals surface area contributed by atoms with Gasteiger partial charge in [-0.05, 0) is 73.6 Å². The Kier molecular flexibility index (Phi) is 8.06. The maximum Gasteiger partial charge on any atom is 0.294 e. The number of thioether (sulfide) groups is 1. The number of halogens is 2. The molecule has 1 aliphatic rings. The molecular formula is C22H20Cl2N2O5S. The number of carbonyl (C=O) groups is 3. The van der Waals surface area contributed by atoms with Crippen LogP contribution in [-0.2, 0) is 9.59 Å². The Labute approximate surface area is 199 Å². The number of hydrogen-bond donors (Lipinski definition) is 1. The summed E-state index contributed by atoms with van der Waals surface area (Å²) in [5.74, 6) is -0.0315. The van der Waals surface area contributed by atoms with Crippen LogP contribution in [0.15, 0.2) is 41.3 Å². The largest absolute Gasteiger partial charge is 0.494 e. The lowest BCUT2D eigenvalue weighted by molar-refractivity contribution is -0.127. The average molecular weight is 495 g/mol. The highest BCUT2D eigenvalue weighted by Gasteiger charge is 2.36. The van der Waals surface area contributed by atoms with Gasteiger partial charge in [0.2, 0.25) is 5.91 Å². The van der Waals surface area contributed by atoms with E-state index < -0.39 is 23.6 Å². The van der Waals surface area contributed by atoms with Crippen molar-refractivity contribution >= 4 is 63.8 Å². The SMILES string of the molecule is CCOc1ccc(NC(=O)CN2C(=O)S/C(=C/c3cc(Cl)c(OCC)c(Cl)c3)C2=O)cc1. The molecule has 32 heavy (non-hydrogen) atoms. The summed E-state index contributed by atoms with van der Waals surface area (Å²) in [5.41, 5.74) is 1.06. The molecule has 0 aromatic heterocycles. The molecule has 1 saturated heterocycles. The Morgan fingerprint density at radius 2 is 1.69 bits per heavy atom.